The first-order valence-corrected chi connectivity index (χ1v) is 14.1. The zero-order chi connectivity index (χ0) is 27.6. The third kappa shape index (κ3) is 3.28. The molecule has 0 saturated heterocycles. The minimum atomic E-state index is 0.635. The van der Waals surface area contributed by atoms with Crippen LogP contribution in [0.2, 0.25) is 0 Å². The molecule has 4 heterocycles. The standard InChI is InChI=1S/C37H23N5/c1-3-13-24(14-4-1)30-23-31(25-15-5-2-6-16-25)40-37(39-30)42-32-21-11-9-19-28(32)35-34(42)26-17-7-8-18-27(26)36-38-29-20-10-12-22-33(29)41(35)36/h1-23H. The van der Waals surface area contributed by atoms with Crippen molar-refractivity contribution in [2.75, 3.05) is 0 Å². The molecule has 0 amide bonds. The van der Waals surface area contributed by atoms with Crippen LogP contribution >= 0.6 is 0 Å². The number of rotatable bonds is 3. The zero-order valence-corrected chi connectivity index (χ0v) is 22.5. The van der Waals surface area contributed by atoms with Gasteiger partial charge in [0.05, 0.1) is 39.0 Å². The number of fused-ring (bicyclic) bond motifs is 10. The Morgan fingerprint density at radius 3 is 1.67 bits per heavy atom. The number of nitrogens with zero attached hydrogens (tertiary/aromatic N) is 5. The molecule has 42 heavy (non-hydrogen) atoms. The highest BCUT2D eigenvalue weighted by atomic mass is 15.2. The van der Waals surface area contributed by atoms with E-state index in [0.717, 1.165) is 71.9 Å². The third-order valence-corrected chi connectivity index (χ3v) is 8.11. The van der Waals surface area contributed by atoms with Gasteiger partial charge >= 0.3 is 0 Å². The molecule has 9 aromatic rings. The molecule has 5 heteroatoms. The molecule has 0 radical (unpaired) electrons. The number of hydrogen-bond donors (Lipinski definition) is 0. The molecule has 0 unspecified atom stereocenters. The highest BCUT2D eigenvalue weighted by Gasteiger charge is 2.23. The number of pyridine rings is 1. The van der Waals surface area contributed by atoms with Crippen molar-refractivity contribution in [3.05, 3.63) is 140 Å². The molecule has 0 aliphatic carbocycles. The van der Waals surface area contributed by atoms with Crippen molar-refractivity contribution < 1.29 is 0 Å². The fourth-order valence-electron chi connectivity index (χ4n) is 6.27. The largest absolute Gasteiger partial charge is 0.289 e. The zero-order valence-electron chi connectivity index (χ0n) is 22.5. The first-order chi connectivity index (χ1) is 20.8. The number of imidazole rings is 1. The SMILES string of the molecule is c1ccc(-c2cc(-c3ccccc3)nc(-n3c4ccccc4c4c3c3ccccc3c3nc5ccccc5n34)n2)cc1. The first kappa shape index (κ1) is 22.9. The van der Waals surface area contributed by atoms with E-state index in [9.17, 15) is 0 Å². The summed E-state index contributed by atoms with van der Waals surface area (Å²) in [5, 5.41) is 3.33. The molecular weight excluding hydrogens is 514 g/mol. The second-order valence-electron chi connectivity index (χ2n) is 10.5. The maximum absolute atomic E-state index is 5.24. The van der Waals surface area contributed by atoms with Gasteiger partial charge in [0.2, 0.25) is 5.95 Å². The summed E-state index contributed by atoms with van der Waals surface area (Å²) in [5.41, 5.74) is 10.1. The summed E-state index contributed by atoms with van der Waals surface area (Å²) in [6.07, 6.45) is 0. The molecule has 0 spiro atoms. The van der Waals surface area contributed by atoms with Crippen LogP contribution in [-0.2, 0) is 0 Å². The van der Waals surface area contributed by atoms with Crippen LogP contribution in [0, 0.1) is 0 Å². The molecule has 0 saturated carbocycles. The smallest absolute Gasteiger partial charge is 0.235 e. The summed E-state index contributed by atoms with van der Waals surface area (Å²) < 4.78 is 4.55. The van der Waals surface area contributed by atoms with E-state index in [2.05, 4.69) is 106 Å². The maximum Gasteiger partial charge on any atom is 0.235 e. The van der Waals surface area contributed by atoms with Crippen LogP contribution in [0.15, 0.2) is 140 Å². The first-order valence-electron chi connectivity index (χ1n) is 14.1. The lowest BCUT2D eigenvalue weighted by atomic mass is 10.1. The van der Waals surface area contributed by atoms with E-state index in [1.165, 1.54) is 0 Å². The Morgan fingerprint density at radius 2 is 0.976 bits per heavy atom. The highest BCUT2D eigenvalue weighted by molar-refractivity contribution is 6.21. The normalized spacial score (nSPS) is 11.8. The van der Waals surface area contributed by atoms with Crippen LogP contribution in [0.4, 0.5) is 0 Å². The van der Waals surface area contributed by atoms with Gasteiger partial charge in [-0.25, -0.2) is 15.0 Å². The molecule has 0 atom stereocenters. The van der Waals surface area contributed by atoms with E-state index in [1.54, 1.807) is 0 Å². The predicted octanol–water partition coefficient (Wildman–Crippen LogP) is 8.86. The average molecular weight is 538 g/mol. The molecule has 5 nitrogen and oxygen atoms in total. The average Bonchev–Trinajstić information content (AvgIpc) is 3.62. The molecule has 5 aromatic carbocycles. The fraction of sp³-hybridized carbons (Fsp3) is 0. The van der Waals surface area contributed by atoms with Gasteiger partial charge in [0.15, 0.2) is 0 Å². The Bertz CT molecular complexity index is 2400. The molecule has 4 aromatic heterocycles. The van der Waals surface area contributed by atoms with Crippen molar-refractivity contribution in [1.82, 2.24) is 23.9 Å². The van der Waals surface area contributed by atoms with Crippen molar-refractivity contribution in [1.29, 1.82) is 0 Å². The van der Waals surface area contributed by atoms with Gasteiger partial charge in [0.25, 0.3) is 0 Å². The summed E-state index contributed by atoms with van der Waals surface area (Å²) in [6.45, 7) is 0. The summed E-state index contributed by atoms with van der Waals surface area (Å²) in [6, 6.07) is 48.2. The van der Waals surface area contributed by atoms with E-state index in [-0.39, 0.29) is 0 Å². The number of aromatic nitrogens is 5. The van der Waals surface area contributed by atoms with Gasteiger partial charge in [-0.2, -0.15) is 0 Å². The number of para-hydroxylation sites is 3. The van der Waals surface area contributed by atoms with Gasteiger partial charge in [-0.1, -0.05) is 115 Å². The molecular formula is C37H23N5. The van der Waals surface area contributed by atoms with Crippen molar-refractivity contribution in [2.45, 2.75) is 0 Å². The van der Waals surface area contributed by atoms with Crippen LogP contribution in [0.3, 0.4) is 0 Å². The van der Waals surface area contributed by atoms with E-state index in [0.29, 0.717) is 5.95 Å². The molecule has 196 valence electrons. The minimum absolute atomic E-state index is 0.635. The second-order valence-corrected chi connectivity index (χ2v) is 10.5. The van der Waals surface area contributed by atoms with Gasteiger partial charge in [-0.3, -0.25) is 8.97 Å². The molecule has 0 aliphatic rings. The third-order valence-electron chi connectivity index (χ3n) is 8.11. The number of hydrogen-bond acceptors (Lipinski definition) is 3. The van der Waals surface area contributed by atoms with Gasteiger partial charge in [0.1, 0.15) is 5.65 Å². The van der Waals surface area contributed by atoms with Crippen molar-refractivity contribution in [3.63, 3.8) is 0 Å². The number of benzene rings is 5. The van der Waals surface area contributed by atoms with Gasteiger partial charge in [-0.15, -0.1) is 0 Å². The monoisotopic (exact) mass is 537 g/mol. The summed E-state index contributed by atoms with van der Waals surface area (Å²) in [4.78, 5) is 15.6. The Hall–Kier alpha value is -5.81. The van der Waals surface area contributed by atoms with Gasteiger partial charge in [0, 0.05) is 27.3 Å². The molecule has 9 rings (SSSR count). The van der Waals surface area contributed by atoms with Crippen molar-refractivity contribution in [2.24, 2.45) is 0 Å². The Balaban J connectivity index is 1.50. The van der Waals surface area contributed by atoms with Crippen molar-refractivity contribution >= 4 is 49.4 Å². The topological polar surface area (TPSA) is 48.0 Å². The lowest BCUT2D eigenvalue weighted by Crippen LogP contribution is -2.04. The van der Waals surface area contributed by atoms with Crippen LogP contribution in [0.25, 0.3) is 77.9 Å². The van der Waals surface area contributed by atoms with E-state index >= 15 is 0 Å². The van der Waals surface area contributed by atoms with Crippen LogP contribution in [-0.4, -0.2) is 23.9 Å². The lowest BCUT2D eigenvalue weighted by molar-refractivity contribution is 0.997. The van der Waals surface area contributed by atoms with E-state index in [4.69, 9.17) is 15.0 Å². The summed E-state index contributed by atoms with van der Waals surface area (Å²) in [5.74, 6) is 0.635. The molecule has 0 bridgehead atoms. The summed E-state index contributed by atoms with van der Waals surface area (Å²) >= 11 is 0. The molecule has 0 aliphatic heterocycles. The predicted molar refractivity (Wildman–Crippen MR) is 171 cm³/mol. The van der Waals surface area contributed by atoms with Crippen LogP contribution in [0.5, 0.6) is 0 Å². The van der Waals surface area contributed by atoms with E-state index < -0.39 is 0 Å². The second kappa shape index (κ2) is 8.85. The maximum atomic E-state index is 5.24. The minimum Gasteiger partial charge on any atom is -0.289 e. The molecule has 0 N–H and O–H groups in total. The van der Waals surface area contributed by atoms with Crippen LogP contribution < -0.4 is 0 Å². The Labute approximate surface area is 241 Å². The Kier molecular flexibility index (Phi) is 4.83. The molecule has 0 fully saturated rings. The van der Waals surface area contributed by atoms with Gasteiger partial charge < -0.3 is 0 Å². The summed E-state index contributed by atoms with van der Waals surface area (Å²) in [7, 11) is 0. The van der Waals surface area contributed by atoms with Crippen LogP contribution in [0.1, 0.15) is 0 Å². The highest BCUT2D eigenvalue weighted by Crippen LogP contribution is 2.39. The Morgan fingerprint density at radius 1 is 0.429 bits per heavy atom. The van der Waals surface area contributed by atoms with Crippen molar-refractivity contribution in [3.8, 4) is 28.5 Å². The van der Waals surface area contributed by atoms with E-state index in [1.807, 2.05) is 42.5 Å². The lowest BCUT2D eigenvalue weighted by Gasteiger charge is -2.13. The quantitative estimate of drug-likeness (QED) is 0.226. The fourth-order valence-corrected chi connectivity index (χ4v) is 6.27. The van der Waals surface area contributed by atoms with Gasteiger partial charge in [-0.05, 0) is 24.3 Å².